The lowest BCUT2D eigenvalue weighted by atomic mass is 10.0. The van der Waals surface area contributed by atoms with Gasteiger partial charge in [-0.25, -0.2) is 0 Å². The molecule has 1 atom stereocenters. The number of aliphatic carboxylic acids is 1. The molecule has 0 saturated heterocycles. The number of hydrogen-bond acceptors (Lipinski definition) is 3. The minimum Gasteiger partial charge on any atom is -0.481 e. The van der Waals surface area contributed by atoms with Gasteiger partial charge in [0.1, 0.15) is 6.04 Å². The average molecular weight is 234 g/mol. The van der Waals surface area contributed by atoms with Crippen molar-refractivity contribution in [3.8, 4) is 0 Å². The van der Waals surface area contributed by atoms with Crippen LogP contribution in [0.2, 0.25) is 0 Å². The van der Waals surface area contributed by atoms with E-state index in [0.29, 0.717) is 0 Å². The molecule has 0 spiro atoms. The maximum atomic E-state index is 11.7. The van der Waals surface area contributed by atoms with Crippen LogP contribution in [-0.2, 0) is 16.0 Å². The Bertz CT molecular complexity index is 471. The van der Waals surface area contributed by atoms with E-state index in [1.165, 1.54) is 0 Å². The topological polar surface area (TPSA) is 78.4 Å². The molecule has 0 aromatic heterocycles. The van der Waals surface area contributed by atoms with Crippen LogP contribution in [0.25, 0.3) is 0 Å². The average Bonchev–Trinajstić information content (AvgIpc) is 2.29. The molecule has 1 unspecified atom stereocenters. The minimum absolute atomic E-state index is 0.221. The van der Waals surface area contributed by atoms with Gasteiger partial charge in [-0.05, 0) is 18.1 Å². The third-order valence-electron chi connectivity index (χ3n) is 2.80. The number of nitrogens with one attached hydrogen (secondary N) is 2. The van der Waals surface area contributed by atoms with Crippen molar-refractivity contribution in [2.24, 2.45) is 0 Å². The summed E-state index contributed by atoms with van der Waals surface area (Å²) in [4.78, 5) is 22.4. The van der Waals surface area contributed by atoms with Gasteiger partial charge < -0.3 is 15.7 Å². The molecule has 1 aromatic rings. The van der Waals surface area contributed by atoms with Crippen molar-refractivity contribution in [3.63, 3.8) is 0 Å². The summed E-state index contributed by atoms with van der Waals surface area (Å²) in [7, 11) is 0. The van der Waals surface area contributed by atoms with Crippen molar-refractivity contribution in [1.82, 2.24) is 0 Å². The standard InChI is InChI=1S/C12H14N2O3/c1-2-7-4-3-5-8-11(7)14-12(17)9(13-8)6-10(15)16/h3-5,9,13H,2,6H2,1H3,(H,14,17)(H,15,16). The van der Waals surface area contributed by atoms with Crippen LogP contribution in [-0.4, -0.2) is 23.0 Å². The minimum atomic E-state index is -0.993. The Kier molecular flexibility index (Phi) is 2.99. The Labute approximate surface area is 98.8 Å². The van der Waals surface area contributed by atoms with Gasteiger partial charge in [0.05, 0.1) is 17.8 Å². The zero-order valence-corrected chi connectivity index (χ0v) is 9.49. The van der Waals surface area contributed by atoms with E-state index in [1.807, 2.05) is 25.1 Å². The normalized spacial score (nSPS) is 17.9. The summed E-state index contributed by atoms with van der Waals surface area (Å²) in [6.07, 6.45) is 0.594. The van der Waals surface area contributed by atoms with Gasteiger partial charge in [-0.15, -0.1) is 0 Å². The summed E-state index contributed by atoms with van der Waals surface area (Å²) in [5.41, 5.74) is 2.59. The fraction of sp³-hybridized carbons (Fsp3) is 0.333. The molecule has 5 heteroatoms. The molecule has 17 heavy (non-hydrogen) atoms. The predicted octanol–water partition coefficient (Wildman–Crippen LogP) is 1.46. The van der Waals surface area contributed by atoms with Gasteiger partial charge in [0.2, 0.25) is 5.91 Å². The fourth-order valence-electron chi connectivity index (χ4n) is 1.94. The second kappa shape index (κ2) is 4.45. The first-order chi connectivity index (χ1) is 8.11. The largest absolute Gasteiger partial charge is 0.481 e. The maximum absolute atomic E-state index is 11.7. The summed E-state index contributed by atoms with van der Waals surface area (Å²) in [5, 5.41) is 14.4. The number of amides is 1. The van der Waals surface area contributed by atoms with Crippen molar-refractivity contribution in [1.29, 1.82) is 0 Å². The number of rotatable bonds is 3. The first-order valence-electron chi connectivity index (χ1n) is 5.53. The number of carbonyl (C=O) groups excluding carboxylic acids is 1. The summed E-state index contributed by atoms with van der Waals surface area (Å²) in [5.74, 6) is -1.28. The molecular weight excluding hydrogens is 220 g/mol. The lowest BCUT2D eigenvalue weighted by Crippen LogP contribution is -2.40. The van der Waals surface area contributed by atoms with Gasteiger partial charge in [0, 0.05) is 0 Å². The quantitative estimate of drug-likeness (QED) is 0.739. The molecule has 0 bridgehead atoms. The third-order valence-corrected chi connectivity index (χ3v) is 2.80. The Morgan fingerprint density at radius 3 is 2.88 bits per heavy atom. The molecular formula is C12H14N2O3. The molecule has 3 N–H and O–H groups in total. The molecule has 1 aliphatic rings. The molecule has 2 rings (SSSR count). The van der Waals surface area contributed by atoms with Crippen LogP contribution >= 0.6 is 0 Å². The monoisotopic (exact) mass is 234 g/mol. The molecule has 1 heterocycles. The van der Waals surface area contributed by atoms with E-state index in [9.17, 15) is 9.59 Å². The van der Waals surface area contributed by atoms with Crippen LogP contribution in [0.5, 0.6) is 0 Å². The van der Waals surface area contributed by atoms with Crippen LogP contribution in [0.1, 0.15) is 18.9 Å². The van der Waals surface area contributed by atoms with E-state index < -0.39 is 12.0 Å². The van der Waals surface area contributed by atoms with E-state index >= 15 is 0 Å². The highest BCUT2D eigenvalue weighted by Crippen LogP contribution is 2.31. The van der Waals surface area contributed by atoms with E-state index in [1.54, 1.807) is 0 Å². The molecule has 1 aromatic carbocycles. The summed E-state index contributed by atoms with van der Waals surface area (Å²) < 4.78 is 0. The summed E-state index contributed by atoms with van der Waals surface area (Å²) in [6, 6.07) is 4.97. The molecule has 1 aliphatic heterocycles. The van der Waals surface area contributed by atoms with Gasteiger partial charge in [-0.2, -0.15) is 0 Å². The molecule has 0 radical (unpaired) electrons. The van der Waals surface area contributed by atoms with Gasteiger partial charge in [0.15, 0.2) is 0 Å². The first kappa shape index (κ1) is 11.4. The number of carbonyl (C=O) groups is 2. The smallest absolute Gasteiger partial charge is 0.305 e. The Hall–Kier alpha value is -2.04. The number of carboxylic acid groups (broad SMARTS) is 1. The first-order valence-corrected chi connectivity index (χ1v) is 5.53. The van der Waals surface area contributed by atoms with Crippen molar-refractivity contribution >= 4 is 23.3 Å². The number of benzene rings is 1. The Morgan fingerprint density at radius 1 is 1.47 bits per heavy atom. The Balaban J connectivity index is 2.29. The summed E-state index contributed by atoms with van der Waals surface area (Å²) in [6.45, 7) is 2.01. The van der Waals surface area contributed by atoms with Crippen LogP contribution in [0.15, 0.2) is 18.2 Å². The van der Waals surface area contributed by atoms with Gasteiger partial charge >= 0.3 is 5.97 Å². The molecule has 0 aliphatic carbocycles. The lowest BCUT2D eigenvalue weighted by molar-refractivity contribution is -0.138. The van der Waals surface area contributed by atoms with E-state index in [4.69, 9.17) is 5.11 Å². The molecule has 0 fully saturated rings. The number of para-hydroxylation sites is 1. The summed E-state index contributed by atoms with van der Waals surface area (Å²) >= 11 is 0. The van der Waals surface area contributed by atoms with Crippen molar-refractivity contribution in [2.45, 2.75) is 25.8 Å². The SMILES string of the molecule is CCc1cccc2c1NC(=O)C(CC(=O)O)N2. The number of hydrogen-bond donors (Lipinski definition) is 3. The van der Waals surface area contributed by atoms with E-state index in [0.717, 1.165) is 23.4 Å². The highest BCUT2D eigenvalue weighted by Gasteiger charge is 2.28. The molecule has 5 nitrogen and oxygen atoms in total. The number of fused-ring (bicyclic) bond motifs is 1. The molecule has 1 amide bonds. The fourth-order valence-corrected chi connectivity index (χ4v) is 1.94. The van der Waals surface area contributed by atoms with Gasteiger partial charge in [0.25, 0.3) is 0 Å². The highest BCUT2D eigenvalue weighted by molar-refractivity contribution is 6.05. The zero-order valence-electron chi connectivity index (χ0n) is 9.49. The van der Waals surface area contributed by atoms with Crippen LogP contribution in [0, 0.1) is 0 Å². The van der Waals surface area contributed by atoms with Crippen LogP contribution in [0.4, 0.5) is 11.4 Å². The predicted molar refractivity (Wildman–Crippen MR) is 64.1 cm³/mol. The highest BCUT2D eigenvalue weighted by atomic mass is 16.4. The number of carboxylic acids is 1. The van der Waals surface area contributed by atoms with Crippen LogP contribution in [0.3, 0.4) is 0 Å². The number of anilines is 2. The van der Waals surface area contributed by atoms with Crippen molar-refractivity contribution in [2.75, 3.05) is 10.6 Å². The van der Waals surface area contributed by atoms with Crippen LogP contribution < -0.4 is 10.6 Å². The lowest BCUT2D eigenvalue weighted by Gasteiger charge is -2.27. The van der Waals surface area contributed by atoms with Crippen molar-refractivity contribution in [3.05, 3.63) is 23.8 Å². The second-order valence-electron chi connectivity index (χ2n) is 3.98. The van der Waals surface area contributed by atoms with Gasteiger partial charge in [-0.1, -0.05) is 19.1 Å². The van der Waals surface area contributed by atoms with Crippen molar-refractivity contribution < 1.29 is 14.7 Å². The van der Waals surface area contributed by atoms with Gasteiger partial charge in [-0.3, -0.25) is 9.59 Å². The molecule has 90 valence electrons. The zero-order chi connectivity index (χ0) is 12.4. The maximum Gasteiger partial charge on any atom is 0.305 e. The number of aryl methyl sites for hydroxylation is 1. The Morgan fingerprint density at radius 2 is 2.24 bits per heavy atom. The third kappa shape index (κ3) is 2.22. The van der Waals surface area contributed by atoms with E-state index in [-0.39, 0.29) is 12.3 Å². The second-order valence-corrected chi connectivity index (χ2v) is 3.98. The molecule has 0 saturated carbocycles. The van der Waals surface area contributed by atoms with E-state index in [2.05, 4.69) is 10.6 Å².